The zero-order valence-corrected chi connectivity index (χ0v) is 21.7. The molecule has 3 aromatic rings. The van der Waals surface area contributed by atoms with Gasteiger partial charge in [-0.25, -0.2) is 0 Å². The molecule has 16 nitrogen and oxygen atoms in total. The molecule has 17 heteroatoms. The molecule has 0 aromatic carbocycles. The highest BCUT2D eigenvalue weighted by atomic mass is 32.2. The molecule has 4 amide bonds. The van der Waals surface area contributed by atoms with Crippen molar-refractivity contribution < 1.29 is 32.1 Å². The smallest absolute Gasteiger partial charge is 0.283 e. The molecular formula is C22H27N9O7S. The van der Waals surface area contributed by atoms with Crippen molar-refractivity contribution in [2.45, 2.75) is 12.3 Å². The van der Waals surface area contributed by atoms with Gasteiger partial charge in [0.15, 0.2) is 0 Å². The largest absolute Gasteiger partial charge is 0.388 e. The Morgan fingerprint density at radius 2 is 1.44 bits per heavy atom. The lowest BCUT2D eigenvalue weighted by Crippen LogP contribution is -2.28. The lowest BCUT2D eigenvalue weighted by molar-refractivity contribution is -0.105. The van der Waals surface area contributed by atoms with Crippen molar-refractivity contribution in [1.82, 2.24) is 19.0 Å². The lowest BCUT2D eigenvalue weighted by atomic mass is 10.3. The summed E-state index contributed by atoms with van der Waals surface area (Å²) in [6, 6.07) is 4.07. The van der Waals surface area contributed by atoms with E-state index in [9.17, 15) is 32.1 Å². The molecule has 0 unspecified atom stereocenters. The van der Waals surface area contributed by atoms with Gasteiger partial charge in [-0.2, -0.15) is 8.42 Å². The number of amidine groups is 1. The minimum absolute atomic E-state index is 0.0556. The Hall–Kier alpha value is -4.90. The summed E-state index contributed by atoms with van der Waals surface area (Å²) < 4.78 is 35.8. The van der Waals surface area contributed by atoms with Crippen LogP contribution in [0.1, 0.15) is 37.9 Å². The highest BCUT2D eigenvalue weighted by Gasteiger charge is 2.20. The van der Waals surface area contributed by atoms with Crippen molar-refractivity contribution in [3.8, 4) is 0 Å². The number of carbonyl (C=O) groups excluding carboxylic acids is 4. The molecule has 0 atom stereocenters. The van der Waals surface area contributed by atoms with Gasteiger partial charge in [0.05, 0.1) is 22.9 Å². The van der Waals surface area contributed by atoms with Gasteiger partial charge in [0, 0.05) is 45.7 Å². The highest BCUT2D eigenvalue weighted by Crippen LogP contribution is 2.20. The van der Waals surface area contributed by atoms with Gasteiger partial charge < -0.3 is 40.7 Å². The molecule has 0 saturated heterocycles. The molecule has 0 aliphatic heterocycles. The first-order chi connectivity index (χ1) is 18.3. The summed E-state index contributed by atoms with van der Waals surface area (Å²) in [6.07, 6.45) is 4.70. The van der Waals surface area contributed by atoms with Crippen LogP contribution >= 0.6 is 0 Å². The number of aryl methyl sites for hydroxylation is 2. The van der Waals surface area contributed by atoms with Crippen LogP contribution in [0.25, 0.3) is 0 Å². The van der Waals surface area contributed by atoms with Gasteiger partial charge in [0.2, 0.25) is 6.41 Å². The van der Waals surface area contributed by atoms with Crippen molar-refractivity contribution in [2.24, 2.45) is 19.8 Å². The Kier molecular flexibility index (Phi) is 8.57. The normalized spacial score (nSPS) is 11.1. The monoisotopic (exact) mass is 561 g/mol. The molecule has 3 rings (SSSR count). The topological polar surface area (TPSA) is 235 Å². The number of nitrogens with one attached hydrogen (secondary N) is 5. The molecule has 0 bridgehead atoms. The molecule has 3 aromatic heterocycles. The van der Waals surface area contributed by atoms with Crippen LogP contribution in [0.15, 0.2) is 36.8 Å². The molecule has 8 N–H and O–H groups in total. The van der Waals surface area contributed by atoms with E-state index in [-0.39, 0.29) is 47.3 Å². The molecule has 0 saturated carbocycles. The Labute approximate surface area is 222 Å². The molecule has 0 radical (unpaired) electrons. The molecule has 0 aliphatic carbocycles. The summed E-state index contributed by atoms with van der Waals surface area (Å²) in [6.45, 7) is 0.189. The fourth-order valence-electron chi connectivity index (χ4n) is 3.64. The van der Waals surface area contributed by atoms with E-state index in [0.29, 0.717) is 12.1 Å². The lowest BCUT2D eigenvalue weighted by Gasteiger charge is -2.07. The predicted octanol–water partition coefficient (Wildman–Crippen LogP) is 0.139. The highest BCUT2D eigenvalue weighted by molar-refractivity contribution is 7.84. The van der Waals surface area contributed by atoms with Crippen LogP contribution in [0.4, 0.5) is 17.1 Å². The van der Waals surface area contributed by atoms with Crippen molar-refractivity contribution in [3.05, 3.63) is 53.9 Å². The minimum Gasteiger partial charge on any atom is -0.388 e. The average Bonchev–Trinajstić information content (AvgIpc) is 3.49. The van der Waals surface area contributed by atoms with Crippen LogP contribution in [0, 0.1) is 5.41 Å². The van der Waals surface area contributed by atoms with Crippen molar-refractivity contribution in [1.29, 1.82) is 5.41 Å². The SMILES string of the molecule is Cn1cc(NC(=O)c2cc(NC(=O)c3cc(NC=O)cn3CS(=O)(=O)O)cn2C)cc1C(=O)NCCC(=N)N. The molecule has 39 heavy (non-hydrogen) atoms. The van der Waals surface area contributed by atoms with Gasteiger partial charge in [-0.15, -0.1) is 0 Å². The number of nitrogens with two attached hydrogens (primary N) is 1. The molecule has 0 spiro atoms. The Morgan fingerprint density at radius 3 is 1.95 bits per heavy atom. The summed E-state index contributed by atoms with van der Waals surface area (Å²) in [5.74, 6) is -2.70. The first-order valence-electron chi connectivity index (χ1n) is 11.2. The number of nitrogens with zero attached hydrogens (tertiary/aromatic N) is 3. The maximum atomic E-state index is 12.9. The molecule has 0 aliphatic rings. The fraction of sp³-hybridized carbons (Fsp3) is 0.227. The maximum Gasteiger partial charge on any atom is 0.283 e. The van der Waals surface area contributed by atoms with E-state index in [1.807, 2.05) is 0 Å². The maximum absolute atomic E-state index is 12.9. The van der Waals surface area contributed by atoms with E-state index in [1.165, 1.54) is 45.9 Å². The van der Waals surface area contributed by atoms with Gasteiger partial charge in [-0.05, 0) is 18.2 Å². The van der Waals surface area contributed by atoms with Gasteiger partial charge in [-0.3, -0.25) is 29.1 Å². The average molecular weight is 562 g/mol. The summed E-state index contributed by atoms with van der Waals surface area (Å²) >= 11 is 0. The first-order valence-corrected chi connectivity index (χ1v) is 12.8. The van der Waals surface area contributed by atoms with Gasteiger partial charge in [0.1, 0.15) is 23.0 Å². The van der Waals surface area contributed by atoms with Crippen molar-refractivity contribution in [3.63, 3.8) is 0 Å². The van der Waals surface area contributed by atoms with Crippen LogP contribution in [0.3, 0.4) is 0 Å². The number of amides is 4. The number of rotatable bonds is 12. The minimum atomic E-state index is -4.50. The van der Waals surface area contributed by atoms with Gasteiger partial charge >= 0.3 is 0 Å². The van der Waals surface area contributed by atoms with Crippen LogP contribution in [-0.4, -0.2) is 63.2 Å². The van der Waals surface area contributed by atoms with E-state index in [4.69, 9.17) is 11.1 Å². The fourth-order valence-corrected chi connectivity index (χ4v) is 4.20. The number of hydrogen-bond donors (Lipinski definition) is 7. The number of hydrogen-bond acceptors (Lipinski definition) is 7. The predicted molar refractivity (Wildman–Crippen MR) is 141 cm³/mol. The molecule has 0 fully saturated rings. The van der Waals surface area contributed by atoms with Crippen LogP contribution in [-0.2, 0) is 34.9 Å². The zero-order chi connectivity index (χ0) is 28.9. The third kappa shape index (κ3) is 7.55. The molecular weight excluding hydrogens is 534 g/mol. The number of anilines is 3. The summed E-state index contributed by atoms with van der Waals surface area (Å²) in [5, 5.41) is 17.3. The Bertz CT molecular complexity index is 1550. The van der Waals surface area contributed by atoms with Crippen LogP contribution in [0.5, 0.6) is 0 Å². The van der Waals surface area contributed by atoms with Crippen molar-refractivity contribution >= 4 is 57.1 Å². The van der Waals surface area contributed by atoms with E-state index in [0.717, 1.165) is 4.57 Å². The standard InChI is InChI=1S/C22H27N9O7S/c1-29-8-14(6-16(29)20(33)25-4-3-19(23)24)27-21(34)17-7-15(9-30(17)2)28-22(35)18-5-13(26-11-32)10-31(18)12-39(36,37)38/h5-11H,3-4,12H2,1-2H3,(H3,23,24)(H,25,33)(H,26,32)(H,27,34)(H,28,35)(H,36,37,38). The second kappa shape index (κ2) is 11.7. The Balaban J connectivity index is 1.72. The van der Waals surface area contributed by atoms with Crippen LogP contribution in [0.2, 0.25) is 0 Å². The quantitative estimate of drug-likeness (QED) is 0.0693. The van der Waals surface area contributed by atoms with E-state index in [2.05, 4.69) is 21.3 Å². The second-order valence-electron chi connectivity index (χ2n) is 8.45. The van der Waals surface area contributed by atoms with Crippen molar-refractivity contribution in [2.75, 3.05) is 22.5 Å². The van der Waals surface area contributed by atoms with E-state index < -0.39 is 33.7 Å². The van der Waals surface area contributed by atoms with E-state index in [1.54, 1.807) is 14.1 Å². The van der Waals surface area contributed by atoms with Crippen LogP contribution < -0.4 is 27.0 Å². The summed E-state index contributed by atoms with van der Waals surface area (Å²) in [4.78, 5) is 48.8. The Morgan fingerprint density at radius 1 is 0.923 bits per heavy atom. The molecule has 3 heterocycles. The first kappa shape index (κ1) is 28.7. The third-order valence-corrected chi connectivity index (χ3v) is 5.93. The zero-order valence-electron chi connectivity index (χ0n) is 20.9. The van der Waals surface area contributed by atoms with Gasteiger partial charge in [-0.1, -0.05) is 0 Å². The summed E-state index contributed by atoms with van der Waals surface area (Å²) in [7, 11) is -1.31. The number of aromatic nitrogens is 3. The molecule has 208 valence electrons. The van der Waals surface area contributed by atoms with Gasteiger partial charge in [0.25, 0.3) is 27.8 Å². The third-order valence-electron chi connectivity index (χ3n) is 5.33. The second-order valence-corrected chi connectivity index (χ2v) is 9.87. The van der Waals surface area contributed by atoms with E-state index >= 15 is 0 Å². The number of carbonyl (C=O) groups is 4. The summed E-state index contributed by atoms with van der Waals surface area (Å²) in [5.41, 5.74) is 6.19.